The van der Waals surface area contributed by atoms with Gasteiger partial charge in [0.2, 0.25) is 11.0 Å². The van der Waals surface area contributed by atoms with Gasteiger partial charge in [-0.05, 0) is 61.2 Å². The summed E-state index contributed by atoms with van der Waals surface area (Å²) in [6.07, 6.45) is 2.25. The average molecular weight is 499 g/mol. The number of anilines is 2. The van der Waals surface area contributed by atoms with E-state index in [1.54, 1.807) is 24.3 Å². The summed E-state index contributed by atoms with van der Waals surface area (Å²) in [5, 5.41) is 12.6. The zero-order valence-corrected chi connectivity index (χ0v) is 19.7. The summed E-state index contributed by atoms with van der Waals surface area (Å²) < 4.78 is 27.4. The van der Waals surface area contributed by atoms with Gasteiger partial charge in [0.15, 0.2) is 0 Å². The van der Waals surface area contributed by atoms with Gasteiger partial charge in [-0.2, -0.15) is 0 Å². The molecule has 0 aliphatic rings. The fraction of sp³-hybridized carbons (Fsp3) is 0.250. The van der Waals surface area contributed by atoms with E-state index in [-0.39, 0.29) is 15.9 Å². The first-order chi connectivity index (χ1) is 14.8. The molecule has 31 heavy (non-hydrogen) atoms. The van der Waals surface area contributed by atoms with Gasteiger partial charge in [-0.25, -0.2) is 8.42 Å². The van der Waals surface area contributed by atoms with Crippen LogP contribution >= 0.6 is 34.5 Å². The second-order valence-electron chi connectivity index (χ2n) is 6.62. The second kappa shape index (κ2) is 10.4. The molecular weight excluding hydrogens is 479 g/mol. The van der Waals surface area contributed by atoms with Crippen LogP contribution < -0.4 is 10.0 Å². The SMILES string of the molecule is CCc1nnc(NS(=O)(=O)c2ccc(NC(=O)CCCc3ccc(Cl)cc3Cl)cc2)s1. The highest BCUT2D eigenvalue weighted by molar-refractivity contribution is 7.93. The van der Waals surface area contributed by atoms with Gasteiger partial charge < -0.3 is 5.32 Å². The largest absolute Gasteiger partial charge is 0.326 e. The Morgan fingerprint density at radius 1 is 1.10 bits per heavy atom. The fourth-order valence-electron chi connectivity index (χ4n) is 2.72. The van der Waals surface area contributed by atoms with Gasteiger partial charge in [0.05, 0.1) is 4.90 Å². The van der Waals surface area contributed by atoms with Crippen molar-refractivity contribution in [3.63, 3.8) is 0 Å². The number of sulfonamides is 1. The van der Waals surface area contributed by atoms with Crippen LogP contribution in [-0.4, -0.2) is 24.5 Å². The Morgan fingerprint density at radius 3 is 2.48 bits per heavy atom. The molecule has 3 aromatic rings. The van der Waals surface area contributed by atoms with Crippen molar-refractivity contribution < 1.29 is 13.2 Å². The van der Waals surface area contributed by atoms with Crippen LogP contribution in [0.1, 0.15) is 30.3 Å². The highest BCUT2D eigenvalue weighted by Crippen LogP contribution is 2.23. The van der Waals surface area contributed by atoms with Gasteiger partial charge >= 0.3 is 0 Å². The molecule has 0 atom stereocenters. The number of benzene rings is 2. The van der Waals surface area contributed by atoms with E-state index in [0.29, 0.717) is 41.4 Å². The highest BCUT2D eigenvalue weighted by atomic mass is 35.5. The predicted octanol–water partition coefficient (Wildman–Crippen LogP) is 5.17. The Kier molecular flexibility index (Phi) is 7.88. The molecular formula is C20H20Cl2N4O3S2. The molecule has 1 aromatic heterocycles. The Morgan fingerprint density at radius 2 is 1.84 bits per heavy atom. The molecule has 7 nitrogen and oxygen atoms in total. The topological polar surface area (TPSA) is 101 Å². The number of hydrogen-bond acceptors (Lipinski definition) is 6. The standard InChI is InChI=1S/C20H20Cl2N4O3S2/c1-2-19-24-25-20(30-19)26-31(28,29)16-10-8-15(9-11-16)23-18(27)5-3-4-13-6-7-14(21)12-17(13)22/h6-12H,2-5H2,1H3,(H,23,27)(H,25,26). The molecule has 0 saturated heterocycles. The maximum atomic E-state index is 12.5. The lowest BCUT2D eigenvalue weighted by molar-refractivity contribution is -0.116. The summed E-state index contributed by atoms with van der Waals surface area (Å²) in [5.74, 6) is -0.167. The lowest BCUT2D eigenvalue weighted by Gasteiger charge is -2.08. The third-order valence-corrected chi connectivity index (χ3v) is 7.36. The van der Waals surface area contributed by atoms with Crippen LogP contribution in [0, 0.1) is 0 Å². The van der Waals surface area contributed by atoms with Crippen molar-refractivity contribution >= 4 is 61.3 Å². The van der Waals surface area contributed by atoms with E-state index in [0.717, 1.165) is 10.6 Å². The van der Waals surface area contributed by atoms with Gasteiger partial charge in [-0.3, -0.25) is 9.52 Å². The molecule has 0 aliphatic heterocycles. The molecule has 1 amide bonds. The molecule has 0 aliphatic carbocycles. The number of carbonyl (C=O) groups excluding carboxylic acids is 1. The lowest BCUT2D eigenvalue weighted by atomic mass is 10.1. The molecule has 0 saturated carbocycles. The van der Waals surface area contributed by atoms with E-state index < -0.39 is 10.0 Å². The molecule has 164 valence electrons. The average Bonchev–Trinajstić information content (AvgIpc) is 3.17. The number of hydrogen-bond donors (Lipinski definition) is 2. The summed E-state index contributed by atoms with van der Waals surface area (Å²) in [5.41, 5.74) is 1.44. The summed E-state index contributed by atoms with van der Waals surface area (Å²) >= 11 is 13.2. The van der Waals surface area contributed by atoms with Crippen molar-refractivity contribution in [3.8, 4) is 0 Å². The van der Waals surface area contributed by atoms with Crippen LogP contribution in [-0.2, 0) is 27.7 Å². The number of halogens is 2. The maximum absolute atomic E-state index is 12.5. The Balaban J connectivity index is 1.52. The van der Waals surface area contributed by atoms with Crippen LogP contribution in [0.2, 0.25) is 10.0 Å². The summed E-state index contributed by atoms with van der Waals surface area (Å²) in [4.78, 5) is 12.3. The van der Waals surface area contributed by atoms with Crippen molar-refractivity contribution in [1.82, 2.24) is 10.2 Å². The number of carbonyl (C=O) groups is 1. The van der Waals surface area contributed by atoms with Crippen molar-refractivity contribution in [2.45, 2.75) is 37.5 Å². The van der Waals surface area contributed by atoms with E-state index in [2.05, 4.69) is 20.2 Å². The third kappa shape index (κ3) is 6.64. The summed E-state index contributed by atoms with van der Waals surface area (Å²) in [6.45, 7) is 1.92. The molecule has 0 spiro atoms. The Labute approximate surface area is 194 Å². The first-order valence-corrected chi connectivity index (χ1v) is 12.5. The van der Waals surface area contributed by atoms with Gasteiger partial charge in [0.1, 0.15) is 5.01 Å². The predicted molar refractivity (Wildman–Crippen MR) is 125 cm³/mol. The Bertz CT molecular complexity index is 1170. The first kappa shape index (κ1) is 23.5. The number of amides is 1. The molecule has 1 heterocycles. The molecule has 0 bridgehead atoms. The number of nitrogens with one attached hydrogen (secondary N) is 2. The van der Waals surface area contributed by atoms with E-state index >= 15 is 0 Å². The maximum Gasteiger partial charge on any atom is 0.263 e. The molecule has 0 fully saturated rings. The third-order valence-electron chi connectivity index (χ3n) is 4.30. The van der Waals surface area contributed by atoms with Gasteiger partial charge in [-0.15, -0.1) is 10.2 Å². The highest BCUT2D eigenvalue weighted by Gasteiger charge is 2.17. The van der Waals surface area contributed by atoms with E-state index in [4.69, 9.17) is 23.2 Å². The number of aromatic nitrogens is 2. The van der Waals surface area contributed by atoms with Gasteiger partial charge in [-0.1, -0.05) is 47.5 Å². The van der Waals surface area contributed by atoms with Gasteiger partial charge in [0, 0.05) is 22.2 Å². The lowest BCUT2D eigenvalue weighted by Crippen LogP contribution is -2.14. The van der Waals surface area contributed by atoms with E-state index in [9.17, 15) is 13.2 Å². The fourth-order valence-corrected chi connectivity index (χ4v) is 5.13. The van der Waals surface area contributed by atoms with Gasteiger partial charge in [0.25, 0.3) is 10.0 Å². The van der Waals surface area contributed by atoms with Crippen molar-refractivity contribution in [1.29, 1.82) is 0 Å². The van der Waals surface area contributed by atoms with E-state index in [1.807, 2.05) is 13.0 Å². The first-order valence-electron chi connectivity index (χ1n) is 9.46. The smallest absolute Gasteiger partial charge is 0.263 e. The monoisotopic (exact) mass is 498 g/mol. The Hall–Kier alpha value is -2.20. The number of aryl methyl sites for hydroxylation is 2. The summed E-state index contributed by atoms with van der Waals surface area (Å²) in [6, 6.07) is 11.2. The normalized spacial score (nSPS) is 11.3. The molecule has 2 aromatic carbocycles. The second-order valence-corrected chi connectivity index (χ2v) is 10.2. The molecule has 0 radical (unpaired) electrons. The van der Waals surface area contributed by atoms with E-state index in [1.165, 1.54) is 23.5 Å². The van der Waals surface area contributed by atoms with Crippen LogP contribution in [0.4, 0.5) is 10.8 Å². The molecule has 0 unspecified atom stereocenters. The van der Waals surface area contributed by atoms with Crippen molar-refractivity contribution in [2.24, 2.45) is 0 Å². The zero-order chi connectivity index (χ0) is 22.4. The molecule has 2 N–H and O–H groups in total. The molecule has 3 rings (SSSR count). The minimum absolute atomic E-state index is 0.0659. The van der Waals surface area contributed by atoms with Crippen molar-refractivity contribution in [3.05, 3.63) is 63.1 Å². The molecule has 11 heteroatoms. The number of nitrogens with zero attached hydrogens (tertiary/aromatic N) is 2. The number of rotatable bonds is 9. The summed E-state index contributed by atoms with van der Waals surface area (Å²) in [7, 11) is -3.78. The van der Waals surface area contributed by atoms with Crippen LogP contribution in [0.5, 0.6) is 0 Å². The van der Waals surface area contributed by atoms with Crippen molar-refractivity contribution in [2.75, 3.05) is 10.0 Å². The minimum atomic E-state index is -3.78. The van der Waals surface area contributed by atoms with Crippen LogP contribution in [0.3, 0.4) is 0 Å². The quantitative estimate of drug-likeness (QED) is 0.423. The van der Waals surface area contributed by atoms with Crippen LogP contribution in [0.15, 0.2) is 47.4 Å². The zero-order valence-electron chi connectivity index (χ0n) is 16.6. The minimum Gasteiger partial charge on any atom is -0.326 e. The van der Waals surface area contributed by atoms with Crippen LogP contribution in [0.25, 0.3) is 0 Å².